The number of halogens is 2. The van der Waals surface area contributed by atoms with Crippen LogP contribution in [0.1, 0.15) is 34.3 Å². The first-order valence-corrected chi connectivity index (χ1v) is 8.53. The van der Waals surface area contributed by atoms with E-state index in [2.05, 4.69) is 22.3 Å². The van der Waals surface area contributed by atoms with Crippen molar-refractivity contribution in [2.24, 2.45) is 0 Å². The molecule has 0 aromatic heterocycles. The first-order chi connectivity index (χ1) is 11.6. The van der Waals surface area contributed by atoms with E-state index in [0.717, 1.165) is 18.2 Å². The van der Waals surface area contributed by atoms with Crippen LogP contribution in [0.25, 0.3) is 0 Å². The van der Waals surface area contributed by atoms with Crippen molar-refractivity contribution in [2.45, 2.75) is 25.9 Å². The average Bonchev–Trinajstić information content (AvgIpc) is 3.07. The summed E-state index contributed by atoms with van der Waals surface area (Å²) in [5.74, 6) is -0.758. The van der Waals surface area contributed by atoms with E-state index in [1.165, 1.54) is 43.6 Å². The molecule has 24 heavy (non-hydrogen) atoms. The lowest BCUT2D eigenvalue weighted by atomic mass is 10.1. The Hall–Kier alpha value is -1.91. The number of hydrogen-bond acceptors (Lipinski definition) is 2. The molecule has 1 heterocycles. The van der Waals surface area contributed by atoms with Crippen LogP contribution in [0.3, 0.4) is 0 Å². The van der Waals surface area contributed by atoms with Crippen LogP contribution in [0.2, 0.25) is 5.02 Å². The summed E-state index contributed by atoms with van der Waals surface area (Å²) in [6, 6.07) is 12.0. The molecule has 3 nitrogen and oxygen atoms in total. The summed E-state index contributed by atoms with van der Waals surface area (Å²) >= 11 is 5.90. The zero-order valence-electron chi connectivity index (χ0n) is 13.4. The minimum Gasteiger partial charge on any atom is -0.348 e. The second-order valence-electron chi connectivity index (χ2n) is 6.11. The monoisotopic (exact) mass is 346 g/mol. The molecule has 1 aliphatic heterocycles. The third-order valence-corrected chi connectivity index (χ3v) is 4.57. The molecule has 2 aromatic carbocycles. The lowest BCUT2D eigenvalue weighted by Gasteiger charge is -2.14. The van der Waals surface area contributed by atoms with Gasteiger partial charge in [-0.15, -0.1) is 0 Å². The molecule has 1 N–H and O–H groups in total. The quantitative estimate of drug-likeness (QED) is 0.887. The van der Waals surface area contributed by atoms with E-state index in [1.807, 2.05) is 12.1 Å². The van der Waals surface area contributed by atoms with Gasteiger partial charge in [-0.25, -0.2) is 4.39 Å². The molecule has 5 heteroatoms. The fraction of sp³-hybridized carbons (Fsp3) is 0.316. The van der Waals surface area contributed by atoms with E-state index < -0.39 is 5.82 Å². The molecule has 0 atom stereocenters. The highest BCUT2D eigenvalue weighted by Gasteiger charge is 2.12. The van der Waals surface area contributed by atoms with Crippen molar-refractivity contribution < 1.29 is 9.18 Å². The van der Waals surface area contributed by atoms with Crippen LogP contribution >= 0.6 is 11.6 Å². The summed E-state index contributed by atoms with van der Waals surface area (Å²) in [5, 5.41) is 2.93. The van der Waals surface area contributed by atoms with Crippen molar-refractivity contribution in [3.05, 3.63) is 70.0 Å². The maximum atomic E-state index is 13.0. The summed E-state index contributed by atoms with van der Waals surface area (Å²) in [6.07, 6.45) is 2.58. The molecule has 1 aliphatic rings. The third-order valence-electron chi connectivity index (χ3n) is 4.26. The molecule has 3 rings (SSSR count). The summed E-state index contributed by atoms with van der Waals surface area (Å²) in [6.45, 7) is 3.75. The summed E-state index contributed by atoms with van der Waals surface area (Å²) < 4.78 is 13.0. The van der Waals surface area contributed by atoms with E-state index in [4.69, 9.17) is 11.6 Å². The number of rotatable bonds is 5. The van der Waals surface area contributed by atoms with E-state index in [9.17, 15) is 9.18 Å². The Bertz CT molecular complexity index is 712. The van der Waals surface area contributed by atoms with Crippen LogP contribution in [0, 0.1) is 5.82 Å². The number of nitrogens with one attached hydrogen (secondary N) is 1. The normalized spacial score (nSPS) is 14.8. The van der Waals surface area contributed by atoms with E-state index in [-0.39, 0.29) is 16.5 Å². The Morgan fingerprint density at radius 1 is 1.08 bits per heavy atom. The van der Waals surface area contributed by atoms with Crippen molar-refractivity contribution in [2.75, 3.05) is 13.1 Å². The first-order valence-electron chi connectivity index (χ1n) is 8.15. The Labute approximate surface area is 146 Å². The zero-order valence-corrected chi connectivity index (χ0v) is 14.2. The van der Waals surface area contributed by atoms with Gasteiger partial charge in [-0.2, -0.15) is 0 Å². The van der Waals surface area contributed by atoms with Crippen LogP contribution in [-0.4, -0.2) is 23.9 Å². The molecular formula is C19H20ClFN2O. The molecule has 1 fully saturated rings. The van der Waals surface area contributed by atoms with Gasteiger partial charge in [0.05, 0.1) is 10.6 Å². The largest absolute Gasteiger partial charge is 0.348 e. The lowest BCUT2D eigenvalue weighted by Crippen LogP contribution is -2.23. The van der Waals surface area contributed by atoms with Crippen molar-refractivity contribution in [3.63, 3.8) is 0 Å². The third kappa shape index (κ3) is 4.34. The van der Waals surface area contributed by atoms with E-state index >= 15 is 0 Å². The molecule has 0 bridgehead atoms. The van der Waals surface area contributed by atoms with E-state index in [1.54, 1.807) is 0 Å². The topological polar surface area (TPSA) is 32.3 Å². The molecule has 1 amide bonds. The predicted molar refractivity (Wildman–Crippen MR) is 93.5 cm³/mol. The van der Waals surface area contributed by atoms with Gasteiger partial charge < -0.3 is 5.32 Å². The molecule has 2 aromatic rings. The lowest BCUT2D eigenvalue weighted by molar-refractivity contribution is 0.0951. The van der Waals surface area contributed by atoms with Gasteiger partial charge in [-0.05, 0) is 55.3 Å². The Balaban J connectivity index is 1.55. The minimum absolute atomic E-state index is 0.119. The highest BCUT2D eigenvalue weighted by Crippen LogP contribution is 2.17. The van der Waals surface area contributed by atoms with Crippen LogP contribution in [0.15, 0.2) is 42.5 Å². The standard InChI is InChI=1S/C19H20ClFN2O/c20-18-11-16(21)7-8-17(18)19(24)22-12-14-3-5-15(6-4-14)13-23-9-1-2-10-23/h3-8,11H,1-2,9-10,12-13H2,(H,22,24). The van der Waals surface area contributed by atoms with Gasteiger partial charge in [0.25, 0.3) is 5.91 Å². The highest BCUT2D eigenvalue weighted by molar-refractivity contribution is 6.33. The zero-order chi connectivity index (χ0) is 16.9. The van der Waals surface area contributed by atoms with Gasteiger partial charge in [0.15, 0.2) is 0 Å². The fourth-order valence-corrected chi connectivity index (χ4v) is 3.17. The number of likely N-dealkylation sites (tertiary alicyclic amines) is 1. The highest BCUT2D eigenvalue weighted by atomic mass is 35.5. The maximum Gasteiger partial charge on any atom is 0.253 e. The van der Waals surface area contributed by atoms with Gasteiger partial charge in [0, 0.05) is 13.1 Å². The van der Waals surface area contributed by atoms with Gasteiger partial charge in [-0.1, -0.05) is 35.9 Å². The Morgan fingerprint density at radius 2 is 1.75 bits per heavy atom. The van der Waals surface area contributed by atoms with Gasteiger partial charge >= 0.3 is 0 Å². The van der Waals surface area contributed by atoms with Crippen LogP contribution in [0.5, 0.6) is 0 Å². The molecule has 1 saturated heterocycles. The molecule has 0 unspecified atom stereocenters. The minimum atomic E-state index is -0.454. The van der Waals surface area contributed by atoms with E-state index in [0.29, 0.717) is 6.54 Å². The molecule has 126 valence electrons. The van der Waals surface area contributed by atoms with Crippen LogP contribution in [-0.2, 0) is 13.1 Å². The summed E-state index contributed by atoms with van der Waals surface area (Å²) in [5.41, 5.74) is 2.59. The number of nitrogens with zero attached hydrogens (tertiary/aromatic N) is 1. The molecule has 0 spiro atoms. The number of hydrogen-bond donors (Lipinski definition) is 1. The maximum absolute atomic E-state index is 13.0. The number of benzene rings is 2. The average molecular weight is 347 g/mol. The first kappa shape index (κ1) is 16.9. The van der Waals surface area contributed by atoms with Crippen molar-refractivity contribution in [1.29, 1.82) is 0 Å². The molecular weight excluding hydrogens is 327 g/mol. The Morgan fingerprint density at radius 3 is 2.42 bits per heavy atom. The number of carbonyl (C=O) groups excluding carboxylic acids is 1. The predicted octanol–water partition coefficient (Wildman–Crippen LogP) is 4.00. The SMILES string of the molecule is O=C(NCc1ccc(CN2CCCC2)cc1)c1ccc(F)cc1Cl. The molecule has 0 saturated carbocycles. The van der Waals surface area contributed by atoms with Gasteiger partial charge in [0.1, 0.15) is 5.82 Å². The van der Waals surface area contributed by atoms with Gasteiger partial charge in [0.2, 0.25) is 0 Å². The second-order valence-corrected chi connectivity index (χ2v) is 6.51. The summed E-state index contributed by atoms with van der Waals surface area (Å²) in [4.78, 5) is 14.6. The molecule has 0 aliphatic carbocycles. The van der Waals surface area contributed by atoms with Crippen LogP contribution < -0.4 is 5.32 Å². The van der Waals surface area contributed by atoms with Crippen molar-refractivity contribution >= 4 is 17.5 Å². The number of carbonyl (C=O) groups is 1. The second kappa shape index (κ2) is 7.77. The van der Waals surface area contributed by atoms with Gasteiger partial charge in [-0.3, -0.25) is 9.69 Å². The fourth-order valence-electron chi connectivity index (χ4n) is 2.91. The smallest absolute Gasteiger partial charge is 0.253 e. The summed E-state index contributed by atoms with van der Waals surface area (Å²) in [7, 11) is 0. The van der Waals surface area contributed by atoms with Crippen molar-refractivity contribution in [1.82, 2.24) is 10.2 Å². The molecule has 0 radical (unpaired) electrons. The number of amides is 1. The van der Waals surface area contributed by atoms with Crippen molar-refractivity contribution in [3.8, 4) is 0 Å². The van der Waals surface area contributed by atoms with Crippen LogP contribution in [0.4, 0.5) is 4.39 Å². The Kier molecular flexibility index (Phi) is 5.48.